The quantitative estimate of drug-likeness (QED) is 0.641. The molecule has 0 radical (unpaired) electrons. The third kappa shape index (κ3) is 3.97. The van der Waals surface area contributed by atoms with Crippen molar-refractivity contribution in [3.8, 4) is 0 Å². The lowest BCUT2D eigenvalue weighted by Crippen LogP contribution is -2.48. The van der Waals surface area contributed by atoms with Gasteiger partial charge in [0.15, 0.2) is 0 Å². The molecule has 3 aromatic rings. The molecule has 0 aliphatic carbocycles. The molecular weight excluding hydrogens is 372 g/mol. The lowest BCUT2D eigenvalue weighted by Gasteiger charge is -2.33. The summed E-state index contributed by atoms with van der Waals surface area (Å²) in [5.41, 5.74) is 3.26. The normalized spacial score (nSPS) is 16.6. The van der Waals surface area contributed by atoms with E-state index in [0.717, 1.165) is 30.6 Å². The Bertz CT molecular complexity index is 1000. The van der Waals surface area contributed by atoms with Gasteiger partial charge in [-0.25, -0.2) is 12.9 Å². The van der Waals surface area contributed by atoms with Crippen molar-refractivity contribution < 1.29 is 8.42 Å². The summed E-state index contributed by atoms with van der Waals surface area (Å²) in [4.78, 5) is 2.65. The van der Waals surface area contributed by atoms with Crippen LogP contribution in [0.5, 0.6) is 0 Å². The zero-order valence-electron chi connectivity index (χ0n) is 16.2. The van der Waals surface area contributed by atoms with Crippen LogP contribution in [0.3, 0.4) is 0 Å². The molecule has 1 aliphatic heterocycles. The Balaban J connectivity index is 1.38. The predicted octanol–water partition coefficient (Wildman–Crippen LogP) is 2.79. The molecule has 1 saturated heterocycles. The summed E-state index contributed by atoms with van der Waals surface area (Å²) in [7, 11) is -3.42. The van der Waals surface area contributed by atoms with E-state index in [-0.39, 0.29) is 0 Å². The van der Waals surface area contributed by atoms with Crippen molar-refractivity contribution in [3.05, 3.63) is 66.0 Å². The highest BCUT2D eigenvalue weighted by atomic mass is 32.2. The number of pyridine rings is 1. The lowest BCUT2D eigenvalue weighted by molar-refractivity contribution is 0.180. The molecule has 4 rings (SSSR count). The van der Waals surface area contributed by atoms with Crippen molar-refractivity contribution in [2.45, 2.75) is 31.2 Å². The van der Waals surface area contributed by atoms with Gasteiger partial charge < -0.3 is 0 Å². The maximum absolute atomic E-state index is 12.9. The first-order chi connectivity index (χ1) is 13.6. The van der Waals surface area contributed by atoms with Crippen LogP contribution >= 0.6 is 0 Å². The first-order valence-electron chi connectivity index (χ1n) is 9.81. The minimum atomic E-state index is -3.42. The van der Waals surface area contributed by atoms with Gasteiger partial charge in [-0.3, -0.25) is 4.90 Å². The van der Waals surface area contributed by atoms with Crippen LogP contribution in [0.1, 0.15) is 24.6 Å². The third-order valence-corrected chi connectivity index (χ3v) is 7.15. The molecular formula is C21H26N4O2S. The van der Waals surface area contributed by atoms with Crippen LogP contribution in [0.15, 0.2) is 59.6 Å². The predicted molar refractivity (Wildman–Crippen MR) is 110 cm³/mol. The number of sulfonamides is 1. The second-order valence-corrected chi connectivity index (χ2v) is 9.22. The highest BCUT2D eigenvalue weighted by Gasteiger charge is 2.28. The maximum atomic E-state index is 12.9. The first-order valence-corrected chi connectivity index (χ1v) is 11.2. The van der Waals surface area contributed by atoms with Crippen molar-refractivity contribution in [1.82, 2.24) is 18.8 Å². The second-order valence-electron chi connectivity index (χ2n) is 7.28. The van der Waals surface area contributed by atoms with E-state index in [9.17, 15) is 8.42 Å². The van der Waals surface area contributed by atoms with Crippen LogP contribution in [0.25, 0.3) is 5.52 Å². The summed E-state index contributed by atoms with van der Waals surface area (Å²) < 4.78 is 29.3. The number of nitrogens with zero attached hydrogens (tertiary/aromatic N) is 4. The molecule has 7 heteroatoms. The van der Waals surface area contributed by atoms with Crippen molar-refractivity contribution in [1.29, 1.82) is 0 Å². The minimum absolute atomic E-state index is 0.390. The Hall–Kier alpha value is -2.22. The van der Waals surface area contributed by atoms with Crippen LogP contribution in [0, 0.1) is 0 Å². The van der Waals surface area contributed by atoms with Gasteiger partial charge in [0.25, 0.3) is 0 Å². The van der Waals surface area contributed by atoms with Crippen LogP contribution in [0.4, 0.5) is 0 Å². The fourth-order valence-corrected chi connectivity index (χ4v) is 5.11. The van der Waals surface area contributed by atoms with E-state index in [2.05, 4.69) is 23.0 Å². The molecule has 2 aromatic heterocycles. The fourth-order valence-electron chi connectivity index (χ4n) is 3.69. The van der Waals surface area contributed by atoms with Gasteiger partial charge in [-0.15, -0.1) is 0 Å². The summed E-state index contributed by atoms with van der Waals surface area (Å²) in [6.07, 6.45) is 3.97. The maximum Gasteiger partial charge on any atom is 0.243 e. The molecule has 0 amide bonds. The number of aryl methyl sites for hydroxylation is 1. The summed E-state index contributed by atoms with van der Waals surface area (Å²) in [6, 6.07) is 15.4. The van der Waals surface area contributed by atoms with E-state index >= 15 is 0 Å². The van der Waals surface area contributed by atoms with Gasteiger partial charge in [-0.2, -0.15) is 9.40 Å². The Labute approximate surface area is 166 Å². The number of hydrogen-bond donors (Lipinski definition) is 0. The van der Waals surface area contributed by atoms with E-state index in [1.54, 1.807) is 16.4 Å². The Morgan fingerprint density at radius 1 is 1.00 bits per heavy atom. The topological polar surface area (TPSA) is 57.9 Å². The number of rotatable bonds is 6. The van der Waals surface area contributed by atoms with Gasteiger partial charge in [0.05, 0.1) is 16.1 Å². The molecule has 28 heavy (non-hydrogen) atoms. The van der Waals surface area contributed by atoms with Gasteiger partial charge in [-0.1, -0.05) is 31.5 Å². The van der Waals surface area contributed by atoms with Gasteiger partial charge in [-0.05, 0) is 42.3 Å². The molecule has 0 spiro atoms. The molecule has 1 fully saturated rings. The van der Waals surface area contributed by atoms with Crippen LogP contribution in [-0.4, -0.2) is 53.4 Å². The first kappa shape index (κ1) is 19.1. The van der Waals surface area contributed by atoms with Gasteiger partial charge in [0.1, 0.15) is 0 Å². The molecule has 3 heterocycles. The van der Waals surface area contributed by atoms with Crippen molar-refractivity contribution >= 4 is 15.5 Å². The molecule has 1 aliphatic rings. The van der Waals surface area contributed by atoms with Gasteiger partial charge in [0, 0.05) is 38.9 Å². The highest BCUT2D eigenvalue weighted by Crippen LogP contribution is 2.19. The molecule has 0 unspecified atom stereocenters. The highest BCUT2D eigenvalue weighted by molar-refractivity contribution is 7.89. The molecule has 148 valence electrons. The van der Waals surface area contributed by atoms with Crippen LogP contribution < -0.4 is 0 Å². The lowest BCUT2D eigenvalue weighted by atomic mass is 10.1. The number of piperazine rings is 1. The van der Waals surface area contributed by atoms with E-state index < -0.39 is 10.0 Å². The standard InChI is InChI=1S/C21H26N4O2S/c1-2-5-18-7-9-21(10-8-18)28(26,27)24-14-12-23(13-15-24)17-19-16-20-6-3-4-11-25(20)22-19/h3-4,6-11,16H,2,5,12-15,17H2,1H3. The van der Waals surface area contributed by atoms with Crippen LogP contribution in [0.2, 0.25) is 0 Å². The second kappa shape index (κ2) is 8.03. The average molecular weight is 399 g/mol. The molecule has 0 bridgehead atoms. The summed E-state index contributed by atoms with van der Waals surface area (Å²) in [5, 5.41) is 4.59. The molecule has 6 nitrogen and oxygen atoms in total. The van der Waals surface area contributed by atoms with Crippen molar-refractivity contribution in [2.24, 2.45) is 0 Å². The van der Waals surface area contributed by atoms with Gasteiger partial charge in [0.2, 0.25) is 10.0 Å². The monoisotopic (exact) mass is 398 g/mol. The number of fused-ring (bicyclic) bond motifs is 1. The minimum Gasteiger partial charge on any atom is -0.295 e. The van der Waals surface area contributed by atoms with Crippen LogP contribution in [-0.2, 0) is 23.0 Å². The largest absolute Gasteiger partial charge is 0.295 e. The fraction of sp³-hybridized carbons (Fsp3) is 0.381. The zero-order valence-corrected chi connectivity index (χ0v) is 17.0. The molecule has 1 aromatic carbocycles. The molecule has 0 N–H and O–H groups in total. The Morgan fingerprint density at radius 3 is 2.43 bits per heavy atom. The molecule has 0 atom stereocenters. The summed E-state index contributed by atoms with van der Waals surface area (Å²) in [5.74, 6) is 0. The SMILES string of the molecule is CCCc1ccc(S(=O)(=O)N2CCN(Cc3cc4ccccn4n3)CC2)cc1. The number of hydrogen-bond acceptors (Lipinski definition) is 4. The zero-order chi connectivity index (χ0) is 19.6. The number of aromatic nitrogens is 2. The van der Waals surface area contributed by atoms with E-state index in [1.807, 2.05) is 41.0 Å². The summed E-state index contributed by atoms with van der Waals surface area (Å²) >= 11 is 0. The van der Waals surface area contributed by atoms with Gasteiger partial charge >= 0.3 is 0 Å². The van der Waals surface area contributed by atoms with E-state index in [1.165, 1.54) is 5.56 Å². The third-order valence-electron chi connectivity index (χ3n) is 5.24. The van der Waals surface area contributed by atoms with E-state index in [0.29, 0.717) is 31.1 Å². The smallest absolute Gasteiger partial charge is 0.243 e. The number of benzene rings is 1. The Morgan fingerprint density at radius 2 is 1.75 bits per heavy atom. The van der Waals surface area contributed by atoms with Crippen molar-refractivity contribution in [2.75, 3.05) is 26.2 Å². The Kier molecular flexibility index (Phi) is 5.48. The van der Waals surface area contributed by atoms with Crippen molar-refractivity contribution in [3.63, 3.8) is 0 Å². The summed E-state index contributed by atoms with van der Waals surface area (Å²) in [6.45, 7) is 5.29. The average Bonchev–Trinajstić information content (AvgIpc) is 3.11. The molecule has 0 saturated carbocycles. The van der Waals surface area contributed by atoms with E-state index in [4.69, 9.17) is 0 Å².